The van der Waals surface area contributed by atoms with Crippen LogP contribution in [0.15, 0.2) is 0 Å². The van der Waals surface area contributed by atoms with E-state index < -0.39 is 0 Å². The van der Waals surface area contributed by atoms with Crippen LogP contribution in [0.4, 0.5) is 0 Å². The molecule has 0 amide bonds. The van der Waals surface area contributed by atoms with Crippen molar-refractivity contribution < 1.29 is 9.53 Å². The number of hydrogen-bond donors (Lipinski definition) is 0. The van der Waals surface area contributed by atoms with Gasteiger partial charge in [0.15, 0.2) is 5.78 Å². The molecule has 0 radical (unpaired) electrons. The highest BCUT2D eigenvalue weighted by Gasteiger charge is 2.41. The van der Waals surface area contributed by atoms with Crippen LogP contribution in [0.5, 0.6) is 0 Å². The molecule has 5 heteroatoms. The molecule has 2 aliphatic rings. The van der Waals surface area contributed by atoms with E-state index in [1.165, 1.54) is 5.75 Å². The van der Waals surface area contributed by atoms with E-state index >= 15 is 0 Å². The van der Waals surface area contributed by atoms with E-state index in [-0.39, 0.29) is 11.4 Å². The number of aryl methyl sites for hydroxylation is 1. The second kappa shape index (κ2) is 5.19. The lowest BCUT2D eigenvalue weighted by molar-refractivity contribution is -0.0781. The predicted octanol–water partition coefficient (Wildman–Crippen LogP) is 2.93. The van der Waals surface area contributed by atoms with E-state index in [1.807, 2.05) is 25.6 Å². The van der Waals surface area contributed by atoms with Gasteiger partial charge in [-0.25, -0.2) is 0 Å². The Bertz CT molecular complexity index is 532. The minimum absolute atomic E-state index is 0.0519. The molecule has 0 saturated carbocycles. The monoisotopic (exact) mass is 294 g/mol. The van der Waals surface area contributed by atoms with Crippen LogP contribution in [0.2, 0.25) is 0 Å². The summed E-state index contributed by atoms with van der Waals surface area (Å²) in [5.41, 5.74) is 2.72. The summed E-state index contributed by atoms with van der Waals surface area (Å²) in [4.78, 5) is 11.8. The van der Waals surface area contributed by atoms with Gasteiger partial charge in [0.05, 0.1) is 22.9 Å². The zero-order valence-electron chi connectivity index (χ0n) is 12.4. The van der Waals surface area contributed by atoms with Crippen molar-refractivity contribution in [3.05, 3.63) is 17.0 Å². The fraction of sp³-hybridized carbons (Fsp3) is 0.733. The molecule has 3 heterocycles. The average Bonchev–Trinajstić information content (AvgIpc) is 2.95. The van der Waals surface area contributed by atoms with Crippen LogP contribution in [0.25, 0.3) is 0 Å². The van der Waals surface area contributed by atoms with Crippen molar-refractivity contribution in [1.29, 1.82) is 0 Å². The standard InChI is InChI=1S/C15H22N2O2S/c1-10-14(12(3)18)11(2)17(16-10)13-4-6-19-15(8-13)5-7-20-9-15/h13H,4-9H2,1-3H3. The molecule has 20 heavy (non-hydrogen) atoms. The lowest BCUT2D eigenvalue weighted by Gasteiger charge is -2.38. The lowest BCUT2D eigenvalue weighted by atomic mass is 9.90. The largest absolute Gasteiger partial charge is 0.374 e. The highest BCUT2D eigenvalue weighted by Crippen LogP contribution is 2.42. The van der Waals surface area contributed by atoms with Gasteiger partial charge in [-0.2, -0.15) is 16.9 Å². The van der Waals surface area contributed by atoms with E-state index in [0.717, 1.165) is 48.6 Å². The minimum Gasteiger partial charge on any atom is -0.374 e. The number of thioether (sulfide) groups is 1. The summed E-state index contributed by atoms with van der Waals surface area (Å²) in [7, 11) is 0. The quantitative estimate of drug-likeness (QED) is 0.787. The molecule has 0 N–H and O–H groups in total. The first kappa shape index (κ1) is 14.1. The van der Waals surface area contributed by atoms with Crippen LogP contribution in [-0.2, 0) is 4.74 Å². The summed E-state index contributed by atoms with van der Waals surface area (Å²) in [6.45, 7) is 6.38. The molecule has 1 aromatic heterocycles. The van der Waals surface area contributed by atoms with Gasteiger partial charge in [0.25, 0.3) is 0 Å². The number of Topliss-reactive ketones (excluding diaryl/α,β-unsaturated/α-hetero) is 1. The van der Waals surface area contributed by atoms with Gasteiger partial charge in [-0.05, 0) is 45.8 Å². The van der Waals surface area contributed by atoms with Gasteiger partial charge in [-0.15, -0.1) is 0 Å². The Labute approximate surface area is 124 Å². The Morgan fingerprint density at radius 3 is 2.90 bits per heavy atom. The minimum atomic E-state index is 0.0519. The number of aromatic nitrogens is 2. The molecular formula is C15H22N2O2S. The Morgan fingerprint density at radius 1 is 1.50 bits per heavy atom. The first-order chi connectivity index (χ1) is 9.52. The van der Waals surface area contributed by atoms with Gasteiger partial charge in [0, 0.05) is 18.1 Å². The third-order valence-corrected chi connectivity index (χ3v) is 5.78. The number of carbonyl (C=O) groups is 1. The Balaban J connectivity index is 1.89. The SMILES string of the molecule is CC(=O)c1c(C)nn(C2CCOC3(CCSC3)C2)c1C. The van der Waals surface area contributed by atoms with Crippen molar-refractivity contribution in [3.8, 4) is 0 Å². The molecule has 1 spiro atoms. The molecule has 3 rings (SSSR count). The van der Waals surface area contributed by atoms with Crippen LogP contribution < -0.4 is 0 Å². The maximum absolute atomic E-state index is 11.8. The summed E-state index contributed by atoms with van der Waals surface area (Å²) in [5, 5.41) is 4.64. The van der Waals surface area contributed by atoms with Crippen LogP contribution in [0.3, 0.4) is 0 Å². The molecule has 110 valence electrons. The topological polar surface area (TPSA) is 44.1 Å². The van der Waals surface area contributed by atoms with Crippen LogP contribution >= 0.6 is 11.8 Å². The van der Waals surface area contributed by atoms with Crippen molar-refractivity contribution in [2.45, 2.75) is 51.7 Å². The van der Waals surface area contributed by atoms with Gasteiger partial charge < -0.3 is 4.74 Å². The number of hydrogen-bond acceptors (Lipinski definition) is 4. The van der Waals surface area contributed by atoms with Crippen molar-refractivity contribution in [2.24, 2.45) is 0 Å². The summed E-state index contributed by atoms with van der Waals surface area (Å²) < 4.78 is 8.16. The number of rotatable bonds is 2. The first-order valence-electron chi connectivity index (χ1n) is 7.31. The normalized spacial score (nSPS) is 30.1. The summed E-state index contributed by atoms with van der Waals surface area (Å²) >= 11 is 1.99. The van der Waals surface area contributed by atoms with Crippen LogP contribution in [0.1, 0.15) is 54.0 Å². The third kappa shape index (κ3) is 2.31. The molecular weight excluding hydrogens is 272 g/mol. The smallest absolute Gasteiger partial charge is 0.163 e. The van der Waals surface area contributed by atoms with E-state index in [2.05, 4.69) is 9.78 Å². The number of ether oxygens (including phenoxy) is 1. The maximum atomic E-state index is 11.8. The second-order valence-corrected chi connectivity index (χ2v) is 7.13. The van der Waals surface area contributed by atoms with Crippen molar-refractivity contribution >= 4 is 17.5 Å². The van der Waals surface area contributed by atoms with E-state index in [1.54, 1.807) is 6.92 Å². The highest BCUT2D eigenvalue weighted by molar-refractivity contribution is 7.99. The summed E-state index contributed by atoms with van der Waals surface area (Å²) in [6.07, 6.45) is 3.16. The number of nitrogens with zero attached hydrogens (tertiary/aromatic N) is 2. The first-order valence-corrected chi connectivity index (χ1v) is 8.46. The third-order valence-electron chi connectivity index (χ3n) is 4.56. The van der Waals surface area contributed by atoms with Gasteiger partial charge in [0.1, 0.15) is 0 Å². The average molecular weight is 294 g/mol. The number of carbonyl (C=O) groups excluding carboxylic acids is 1. The molecule has 2 unspecified atom stereocenters. The molecule has 2 aliphatic heterocycles. The fourth-order valence-electron chi connectivity index (χ4n) is 3.60. The molecule has 1 aromatic rings. The van der Waals surface area contributed by atoms with Crippen molar-refractivity contribution in [2.75, 3.05) is 18.1 Å². The van der Waals surface area contributed by atoms with Crippen molar-refractivity contribution in [1.82, 2.24) is 9.78 Å². The molecule has 2 saturated heterocycles. The van der Waals surface area contributed by atoms with E-state index in [4.69, 9.17) is 4.74 Å². The predicted molar refractivity (Wildman–Crippen MR) is 80.6 cm³/mol. The molecule has 0 aromatic carbocycles. The van der Waals surface area contributed by atoms with Crippen LogP contribution in [0, 0.1) is 13.8 Å². The van der Waals surface area contributed by atoms with E-state index in [9.17, 15) is 4.79 Å². The highest BCUT2D eigenvalue weighted by atomic mass is 32.2. The zero-order chi connectivity index (χ0) is 14.3. The van der Waals surface area contributed by atoms with E-state index in [0.29, 0.717) is 6.04 Å². The Hall–Kier alpha value is -0.810. The Kier molecular flexibility index (Phi) is 3.67. The zero-order valence-corrected chi connectivity index (χ0v) is 13.3. The lowest BCUT2D eigenvalue weighted by Crippen LogP contribution is -2.41. The molecule has 4 nitrogen and oxygen atoms in total. The molecule has 2 fully saturated rings. The maximum Gasteiger partial charge on any atom is 0.163 e. The van der Waals surface area contributed by atoms with Gasteiger partial charge in [-0.3, -0.25) is 9.48 Å². The second-order valence-electron chi connectivity index (χ2n) is 6.03. The van der Waals surface area contributed by atoms with Gasteiger partial charge in [-0.1, -0.05) is 0 Å². The molecule has 2 atom stereocenters. The number of ketones is 1. The van der Waals surface area contributed by atoms with Gasteiger partial charge in [0.2, 0.25) is 0 Å². The Morgan fingerprint density at radius 2 is 2.30 bits per heavy atom. The van der Waals surface area contributed by atoms with Gasteiger partial charge >= 0.3 is 0 Å². The van der Waals surface area contributed by atoms with Crippen molar-refractivity contribution in [3.63, 3.8) is 0 Å². The van der Waals surface area contributed by atoms with Crippen LogP contribution in [-0.4, -0.2) is 39.3 Å². The fourth-order valence-corrected chi connectivity index (χ4v) is 4.98. The summed E-state index contributed by atoms with van der Waals surface area (Å²) in [6, 6.07) is 0.370. The molecule has 0 aliphatic carbocycles. The summed E-state index contributed by atoms with van der Waals surface area (Å²) in [5.74, 6) is 2.41. The molecule has 0 bridgehead atoms.